The number of nitrogens with two attached hydrogens (primary N) is 1. The second-order valence-corrected chi connectivity index (χ2v) is 5.96. The van der Waals surface area contributed by atoms with Gasteiger partial charge in [-0.3, -0.25) is 5.10 Å². The molecule has 2 aromatic rings. The number of aromatic amines is 1. The first-order chi connectivity index (χ1) is 9.26. The van der Waals surface area contributed by atoms with Gasteiger partial charge in [0.15, 0.2) is 5.82 Å². The van der Waals surface area contributed by atoms with E-state index in [4.69, 9.17) is 5.73 Å². The van der Waals surface area contributed by atoms with E-state index >= 15 is 0 Å². The topological polar surface area (TPSA) is 83.7 Å². The van der Waals surface area contributed by atoms with E-state index in [1.165, 1.54) is 0 Å². The van der Waals surface area contributed by atoms with Crippen LogP contribution in [0.15, 0.2) is 5.38 Å². The van der Waals surface area contributed by atoms with Gasteiger partial charge < -0.3 is 10.6 Å². The summed E-state index contributed by atoms with van der Waals surface area (Å²) in [7, 11) is 0. The molecule has 0 amide bonds. The summed E-state index contributed by atoms with van der Waals surface area (Å²) in [5.41, 5.74) is 6.58. The van der Waals surface area contributed by atoms with Crippen LogP contribution in [0.4, 0.5) is 5.95 Å². The molecule has 0 spiro atoms. The number of hydrogen-bond donors (Lipinski definition) is 2. The van der Waals surface area contributed by atoms with Gasteiger partial charge in [0.25, 0.3) is 0 Å². The van der Waals surface area contributed by atoms with Gasteiger partial charge in [-0.2, -0.15) is 4.98 Å². The van der Waals surface area contributed by atoms with E-state index in [0.717, 1.165) is 55.0 Å². The van der Waals surface area contributed by atoms with Gasteiger partial charge in [-0.25, -0.2) is 4.98 Å². The van der Waals surface area contributed by atoms with Crippen molar-refractivity contribution in [3.05, 3.63) is 10.4 Å². The van der Waals surface area contributed by atoms with Crippen LogP contribution in [-0.2, 0) is 0 Å². The molecule has 1 fully saturated rings. The minimum absolute atomic E-state index is 0.649. The Balaban J connectivity index is 1.72. The SMILES string of the molecule is Cc1nc(-c2nc(N3CCC(CN)CC3)n[nH]2)cs1. The highest BCUT2D eigenvalue weighted by atomic mass is 32.1. The van der Waals surface area contributed by atoms with Crippen molar-refractivity contribution in [2.45, 2.75) is 19.8 Å². The molecule has 1 aliphatic rings. The molecule has 6 nitrogen and oxygen atoms in total. The molecule has 1 saturated heterocycles. The molecule has 0 aliphatic carbocycles. The van der Waals surface area contributed by atoms with Crippen LogP contribution < -0.4 is 10.6 Å². The van der Waals surface area contributed by atoms with Crippen LogP contribution in [0.1, 0.15) is 17.8 Å². The van der Waals surface area contributed by atoms with Gasteiger partial charge in [0.2, 0.25) is 5.95 Å². The summed E-state index contributed by atoms with van der Waals surface area (Å²) in [4.78, 5) is 11.2. The van der Waals surface area contributed by atoms with E-state index in [9.17, 15) is 0 Å². The zero-order valence-corrected chi connectivity index (χ0v) is 11.8. The average Bonchev–Trinajstić information content (AvgIpc) is 3.07. The minimum Gasteiger partial charge on any atom is -0.340 e. The van der Waals surface area contributed by atoms with Crippen molar-refractivity contribution in [2.75, 3.05) is 24.5 Å². The lowest BCUT2D eigenvalue weighted by atomic mass is 9.97. The number of H-pyrrole nitrogens is 1. The predicted octanol–water partition coefficient (Wildman–Crippen LogP) is 1.41. The highest BCUT2D eigenvalue weighted by Crippen LogP contribution is 2.23. The molecule has 7 heteroatoms. The smallest absolute Gasteiger partial charge is 0.245 e. The number of nitrogens with one attached hydrogen (secondary N) is 1. The van der Waals surface area contributed by atoms with Crippen molar-refractivity contribution in [1.82, 2.24) is 20.2 Å². The van der Waals surface area contributed by atoms with Crippen LogP contribution in [0, 0.1) is 12.8 Å². The van der Waals surface area contributed by atoms with Crippen molar-refractivity contribution in [3.63, 3.8) is 0 Å². The Morgan fingerprint density at radius 3 is 2.84 bits per heavy atom. The van der Waals surface area contributed by atoms with Gasteiger partial charge in [0.1, 0.15) is 5.69 Å². The van der Waals surface area contributed by atoms with Gasteiger partial charge in [-0.1, -0.05) is 0 Å². The third kappa shape index (κ3) is 2.62. The van der Waals surface area contributed by atoms with Crippen LogP contribution in [0.2, 0.25) is 0 Å². The summed E-state index contributed by atoms with van der Waals surface area (Å²) in [5, 5.41) is 10.3. The van der Waals surface area contributed by atoms with Gasteiger partial charge in [-0.05, 0) is 32.2 Å². The largest absolute Gasteiger partial charge is 0.340 e. The van der Waals surface area contributed by atoms with Crippen molar-refractivity contribution in [3.8, 4) is 11.5 Å². The number of anilines is 1. The molecule has 3 N–H and O–H groups in total. The molecule has 0 atom stereocenters. The van der Waals surface area contributed by atoms with Crippen LogP contribution in [0.25, 0.3) is 11.5 Å². The third-order valence-electron chi connectivity index (χ3n) is 3.57. The minimum atomic E-state index is 0.649. The Labute approximate surface area is 116 Å². The van der Waals surface area contributed by atoms with E-state index < -0.39 is 0 Å². The molecule has 102 valence electrons. The number of thiazole rings is 1. The van der Waals surface area contributed by atoms with Crippen LogP contribution in [-0.4, -0.2) is 39.8 Å². The fourth-order valence-corrected chi connectivity index (χ4v) is 2.95. The normalized spacial score (nSPS) is 17.1. The Bertz CT molecular complexity index is 540. The van der Waals surface area contributed by atoms with Crippen molar-refractivity contribution >= 4 is 17.3 Å². The van der Waals surface area contributed by atoms with Crippen molar-refractivity contribution in [2.24, 2.45) is 11.7 Å². The Kier molecular flexibility index (Phi) is 3.48. The van der Waals surface area contributed by atoms with Gasteiger partial charge in [0.05, 0.1) is 5.01 Å². The molecule has 3 rings (SSSR count). The predicted molar refractivity (Wildman–Crippen MR) is 76.2 cm³/mol. The molecule has 2 aromatic heterocycles. The molecular formula is C12H18N6S. The second kappa shape index (κ2) is 5.26. The van der Waals surface area contributed by atoms with E-state index in [1.54, 1.807) is 11.3 Å². The summed E-state index contributed by atoms with van der Waals surface area (Å²) < 4.78 is 0. The molecule has 0 bridgehead atoms. The van der Waals surface area contributed by atoms with E-state index in [-0.39, 0.29) is 0 Å². The monoisotopic (exact) mass is 278 g/mol. The number of aromatic nitrogens is 4. The highest BCUT2D eigenvalue weighted by molar-refractivity contribution is 7.09. The number of aryl methyl sites for hydroxylation is 1. The Hall–Kier alpha value is -1.47. The molecule has 0 unspecified atom stereocenters. The van der Waals surface area contributed by atoms with Gasteiger partial charge in [-0.15, -0.1) is 16.4 Å². The molecule has 0 radical (unpaired) electrons. The second-order valence-electron chi connectivity index (χ2n) is 4.90. The van der Waals surface area contributed by atoms with Crippen LogP contribution >= 0.6 is 11.3 Å². The first-order valence-electron chi connectivity index (χ1n) is 6.56. The average molecular weight is 278 g/mol. The van der Waals surface area contributed by atoms with Crippen molar-refractivity contribution in [1.29, 1.82) is 0 Å². The van der Waals surface area contributed by atoms with E-state index in [0.29, 0.717) is 5.92 Å². The summed E-state index contributed by atoms with van der Waals surface area (Å²) in [6.45, 7) is 4.73. The lowest BCUT2D eigenvalue weighted by Crippen LogP contribution is -2.36. The highest BCUT2D eigenvalue weighted by Gasteiger charge is 2.21. The van der Waals surface area contributed by atoms with Gasteiger partial charge in [0, 0.05) is 18.5 Å². The first-order valence-corrected chi connectivity index (χ1v) is 7.44. The maximum absolute atomic E-state index is 5.71. The molecule has 19 heavy (non-hydrogen) atoms. The zero-order chi connectivity index (χ0) is 13.2. The fourth-order valence-electron chi connectivity index (χ4n) is 2.35. The molecule has 1 aliphatic heterocycles. The zero-order valence-electron chi connectivity index (χ0n) is 11.0. The summed E-state index contributed by atoms with van der Waals surface area (Å²) in [5.74, 6) is 2.17. The molecule has 3 heterocycles. The van der Waals surface area contributed by atoms with Crippen LogP contribution in [0.3, 0.4) is 0 Å². The number of piperidine rings is 1. The number of hydrogen-bond acceptors (Lipinski definition) is 6. The first kappa shape index (κ1) is 12.6. The maximum atomic E-state index is 5.71. The Morgan fingerprint density at radius 1 is 1.42 bits per heavy atom. The Morgan fingerprint density at radius 2 is 2.21 bits per heavy atom. The van der Waals surface area contributed by atoms with Gasteiger partial charge >= 0.3 is 0 Å². The van der Waals surface area contributed by atoms with Crippen molar-refractivity contribution < 1.29 is 0 Å². The van der Waals surface area contributed by atoms with E-state index in [2.05, 4.69) is 25.1 Å². The van der Waals surface area contributed by atoms with Crippen LogP contribution in [0.5, 0.6) is 0 Å². The molecule has 0 aromatic carbocycles. The lowest BCUT2D eigenvalue weighted by Gasteiger charge is -2.30. The fraction of sp³-hybridized carbons (Fsp3) is 0.583. The molecular weight excluding hydrogens is 260 g/mol. The standard InChI is InChI=1S/C12H18N6S/c1-8-14-10(7-19-8)11-15-12(17-16-11)18-4-2-9(6-13)3-5-18/h7,9H,2-6,13H2,1H3,(H,15,16,17). The summed E-state index contributed by atoms with van der Waals surface area (Å²) in [6.07, 6.45) is 2.24. The molecule has 0 saturated carbocycles. The summed E-state index contributed by atoms with van der Waals surface area (Å²) in [6, 6.07) is 0. The van der Waals surface area contributed by atoms with E-state index in [1.807, 2.05) is 12.3 Å². The third-order valence-corrected chi connectivity index (χ3v) is 4.34. The lowest BCUT2D eigenvalue weighted by molar-refractivity contribution is 0.411. The number of rotatable bonds is 3. The number of nitrogens with zero attached hydrogens (tertiary/aromatic N) is 4. The maximum Gasteiger partial charge on any atom is 0.245 e. The quantitative estimate of drug-likeness (QED) is 0.887. The summed E-state index contributed by atoms with van der Waals surface area (Å²) >= 11 is 1.62.